The Labute approximate surface area is 137 Å². The number of nitrogens with one attached hydrogen (secondary N) is 1. The number of hydrogen-bond acceptors (Lipinski definition) is 4. The van der Waals surface area contributed by atoms with Crippen molar-refractivity contribution >= 4 is 17.7 Å². The number of rotatable bonds is 3. The Morgan fingerprint density at radius 1 is 1.55 bits per heavy atom. The molecule has 1 saturated heterocycles. The molecule has 0 saturated carbocycles. The van der Waals surface area contributed by atoms with Gasteiger partial charge in [-0.25, -0.2) is 9.78 Å². The van der Waals surface area contributed by atoms with Gasteiger partial charge in [-0.05, 0) is 57.7 Å². The summed E-state index contributed by atoms with van der Waals surface area (Å²) in [4.78, 5) is 18.2. The molecular formula is C16H24ClN3O2. The summed E-state index contributed by atoms with van der Waals surface area (Å²) < 4.78 is 5.27. The standard InChI is InChI=1S/C16H24ClN3O2/c1-11-8-12(9-18-14(11)17)13-6-5-7-20(13)10-19-15(21)22-16(2,3)4/h8-9,13H,5-7,10H2,1-4H3,(H,19,21)/t13-/m1/s1. The van der Waals surface area contributed by atoms with Crippen LogP contribution in [-0.4, -0.2) is 34.8 Å². The molecule has 2 rings (SSSR count). The first kappa shape index (κ1) is 17.0. The van der Waals surface area contributed by atoms with E-state index in [1.807, 2.05) is 33.9 Å². The highest BCUT2D eigenvalue weighted by molar-refractivity contribution is 6.30. The molecule has 0 unspecified atom stereocenters. The largest absolute Gasteiger partial charge is 0.444 e. The minimum Gasteiger partial charge on any atom is -0.444 e. The molecule has 0 bridgehead atoms. The molecule has 0 aromatic carbocycles. The molecule has 1 aliphatic rings. The van der Waals surface area contributed by atoms with Gasteiger partial charge in [-0.1, -0.05) is 11.6 Å². The topological polar surface area (TPSA) is 54.5 Å². The summed E-state index contributed by atoms with van der Waals surface area (Å²) in [6, 6.07) is 2.34. The average molecular weight is 326 g/mol. The van der Waals surface area contributed by atoms with Gasteiger partial charge in [0.25, 0.3) is 0 Å². The van der Waals surface area contributed by atoms with Crippen LogP contribution in [0.3, 0.4) is 0 Å². The number of alkyl carbamates (subject to hydrolysis) is 1. The maximum Gasteiger partial charge on any atom is 0.408 e. The van der Waals surface area contributed by atoms with Crippen LogP contribution in [0, 0.1) is 6.92 Å². The van der Waals surface area contributed by atoms with Crippen LogP contribution in [0.4, 0.5) is 4.79 Å². The fraction of sp³-hybridized carbons (Fsp3) is 0.625. The third kappa shape index (κ3) is 4.58. The van der Waals surface area contributed by atoms with E-state index in [1.165, 1.54) is 0 Å². The van der Waals surface area contributed by atoms with Gasteiger partial charge in [0.1, 0.15) is 10.8 Å². The summed E-state index contributed by atoms with van der Waals surface area (Å²) in [5, 5.41) is 3.37. The molecule has 0 aliphatic carbocycles. The zero-order chi connectivity index (χ0) is 16.3. The SMILES string of the molecule is Cc1cc([C@H]2CCCN2CNC(=O)OC(C)(C)C)cnc1Cl. The number of hydrogen-bond donors (Lipinski definition) is 1. The lowest BCUT2D eigenvalue weighted by atomic mass is 10.1. The second-order valence-corrected chi connectivity index (χ2v) is 7.04. The Hall–Kier alpha value is -1.33. The molecule has 1 aliphatic heterocycles. The molecule has 1 atom stereocenters. The molecule has 1 aromatic heterocycles. The van der Waals surface area contributed by atoms with E-state index in [9.17, 15) is 4.79 Å². The lowest BCUT2D eigenvalue weighted by molar-refractivity contribution is 0.0486. The first-order valence-electron chi connectivity index (χ1n) is 7.59. The number of amides is 1. The Bertz CT molecular complexity index is 543. The number of carbonyl (C=O) groups excluding carboxylic acids is 1. The number of nitrogens with zero attached hydrogens (tertiary/aromatic N) is 2. The average Bonchev–Trinajstić information content (AvgIpc) is 2.86. The van der Waals surface area contributed by atoms with Crippen molar-refractivity contribution in [3.8, 4) is 0 Å². The van der Waals surface area contributed by atoms with Gasteiger partial charge in [0, 0.05) is 18.8 Å². The van der Waals surface area contributed by atoms with Crippen molar-refractivity contribution in [1.29, 1.82) is 0 Å². The van der Waals surface area contributed by atoms with Gasteiger partial charge in [0.15, 0.2) is 0 Å². The Balaban J connectivity index is 1.96. The molecule has 0 radical (unpaired) electrons. The van der Waals surface area contributed by atoms with Crippen molar-refractivity contribution < 1.29 is 9.53 Å². The van der Waals surface area contributed by atoms with E-state index in [0.717, 1.165) is 30.5 Å². The number of ether oxygens (including phenoxy) is 1. The highest BCUT2D eigenvalue weighted by atomic mass is 35.5. The molecule has 1 aromatic rings. The molecule has 1 fully saturated rings. The van der Waals surface area contributed by atoms with Gasteiger partial charge < -0.3 is 10.1 Å². The van der Waals surface area contributed by atoms with Crippen LogP contribution in [-0.2, 0) is 4.74 Å². The Morgan fingerprint density at radius 2 is 2.27 bits per heavy atom. The predicted molar refractivity (Wildman–Crippen MR) is 86.9 cm³/mol. The van der Waals surface area contributed by atoms with E-state index in [2.05, 4.69) is 21.3 Å². The summed E-state index contributed by atoms with van der Waals surface area (Å²) in [7, 11) is 0. The molecule has 5 nitrogen and oxygen atoms in total. The molecule has 1 N–H and O–H groups in total. The van der Waals surface area contributed by atoms with Crippen LogP contribution >= 0.6 is 11.6 Å². The second kappa shape index (κ2) is 6.84. The quantitative estimate of drug-likeness (QED) is 0.862. The summed E-state index contributed by atoms with van der Waals surface area (Å²) in [6.07, 6.45) is 3.59. The zero-order valence-corrected chi connectivity index (χ0v) is 14.4. The summed E-state index contributed by atoms with van der Waals surface area (Å²) in [6.45, 7) is 8.94. The second-order valence-electron chi connectivity index (χ2n) is 6.68. The van der Waals surface area contributed by atoms with Gasteiger partial charge in [-0.15, -0.1) is 0 Å². The highest BCUT2D eigenvalue weighted by Crippen LogP contribution is 2.32. The lowest BCUT2D eigenvalue weighted by Crippen LogP contribution is -2.40. The van der Waals surface area contributed by atoms with Crippen molar-refractivity contribution in [3.05, 3.63) is 28.5 Å². The maximum atomic E-state index is 11.8. The number of halogens is 1. The predicted octanol–water partition coefficient (Wildman–Crippen LogP) is 3.66. The first-order valence-corrected chi connectivity index (χ1v) is 7.97. The Morgan fingerprint density at radius 3 is 2.91 bits per heavy atom. The molecule has 1 amide bonds. The number of likely N-dealkylation sites (tertiary alicyclic amines) is 1. The molecule has 2 heterocycles. The minimum absolute atomic E-state index is 0.262. The molecule has 22 heavy (non-hydrogen) atoms. The number of aromatic nitrogens is 1. The molecular weight excluding hydrogens is 302 g/mol. The Kier molecular flexibility index (Phi) is 5.29. The van der Waals surface area contributed by atoms with Crippen LogP contribution in [0.2, 0.25) is 5.15 Å². The third-order valence-corrected chi connectivity index (χ3v) is 4.01. The highest BCUT2D eigenvalue weighted by Gasteiger charge is 2.27. The van der Waals surface area contributed by atoms with E-state index in [4.69, 9.17) is 16.3 Å². The smallest absolute Gasteiger partial charge is 0.408 e. The molecule has 122 valence electrons. The summed E-state index contributed by atoms with van der Waals surface area (Å²) >= 11 is 5.99. The molecule has 0 spiro atoms. The van der Waals surface area contributed by atoms with E-state index in [-0.39, 0.29) is 12.1 Å². The normalized spacial score (nSPS) is 19.2. The van der Waals surface area contributed by atoms with Gasteiger partial charge in [0.2, 0.25) is 0 Å². The van der Waals surface area contributed by atoms with E-state index in [1.54, 1.807) is 0 Å². The van der Waals surface area contributed by atoms with Gasteiger partial charge >= 0.3 is 6.09 Å². The van der Waals surface area contributed by atoms with Crippen molar-refractivity contribution in [3.63, 3.8) is 0 Å². The summed E-state index contributed by atoms with van der Waals surface area (Å²) in [5.41, 5.74) is 1.64. The van der Waals surface area contributed by atoms with Crippen LogP contribution in [0.15, 0.2) is 12.3 Å². The fourth-order valence-corrected chi connectivity index (χ4v) is 2.74. The van der Waals surface area contributed by atoms with Crippen molar-refractivity contribution in [2.75, 3.05) is 13.2 Å². The van der Waals surface area contributed by atoms with E-state index in [0.29, 0.717) is 11.8 Å². The van der Waals surface area contributed by atoms with Crippen LogP contribution < -0.4 is 5.32 Å². The third-order valence-electron chi connectivity index (χ3n) is 3.61. The lowest BCUT2D eigenvalue weighted by Gasteiger charge is -2.26. The summed E-state index contributed by atoms with van der Waals surface area (Å²) in [5.74, 6) is 0. The number of pyridine rings is 1. The fourth-order valence-electron chi connectivity index (χ4n) is 2.64. The van der Waals surface area contributed by atoms with E-state index >= 15 is 0 Å². The van der Waals surface area contributed by atoms with Crippen LogP contribution in [0.1, 0.15) is 50.8 Å². The minimum atomic E-state index is -0.480. The van der Waals surface area contributed by atoms with Gasteiger partial charge in [-0.3, -0.25) is 4.90 Å². The van der Waals surface area contributed by atoms with Gasteiger partial charge in [-0.2, -0.15) is 0 Å². The number of aryl methyl sites for hydroxylation is 1. The zero-order valence-electron chi connectivity index (χ0n) is 13.6. The first-order chi connectivity index (χ1) is 10.3. The maximum absolute atomic E-state index is 11.8. The van der Waals surface area contributed by atoms with Crippen LogP contribution in [0.5, 0.6) is 0 Å². The molecule has 6 heteroatoms. The number of carbonyl (C=O) groups is 1. The van der Waals surface area contributed by atoms with Crippen molar-refractivity contribution in [1.82, 2.24) is 15.2 Å². The monoisotopic (exact) mass is 325 g/mol. The van der Waals surface area contributed by atoms with E-state index < -0.39 is 5.60 Å². The van der Waals surface area contributed by atoms with Crippen molar-refractivity contribution in [2.24, 2.45) is 0 Å². The van der Waals surface area contributed by atoms with Gasteiger partial charge in [0.05, 0.1) is 6.67 Å². The van der Waals surface area contributed by atoms with Crippen molar-refractivity contribution in [2.45, 2.75) is 52.2 Å². The van der Waals surface area contributed by atoms with Crippen LogP contribution in [0.25, 0.3) is 0 Å².